The molecule has 0 aliphatic rings. The fourth-order valence-electron chi connectivity index (χ4n) is 2.24. The molecule has 106 valence electrons. The molecule has 5 heteroatoms. The van der Waals surface area contributed by atoms with Crippen LogP contribution in [0.4, 0.5) is 5.82 Å². The third kappa shape index (κ3) is 2.62. The number of rotatable bonds is 2. The Morgan fingerprint density at radius 1 is 1.05 bits per heavy atom. The van der Waals surface area contributed by atoms with E-state index in [9.17, 15) is 5.26 Å². The monoisotopic (exact) mass is 306 g/mol. The lowest BCUT2D eigenvalue weighted by molar-refractivity contribution is 1.29. The molecule has 2 heterocycles. The van der Waals surface area contributed by atoms with Crippen LogP contribution in [-0.2, 0) is 0 Å². The number of nitrogen functional groups attached to an aromatic ring is 1. The molecule has 2 N–H and O–H groups in total. The van der Waals surface area contributed by atoms with Gasteiger partial charge in [-0.1, -0.05) is 23.7 Å². The minimum absolute atomic E-state index is 0.201. The predicted octanol–water partition coefficient (Wildman–Crippen LogP) is 3.92. The topological polar surface area (TPSA) is 75.6 Å². The molecule has 3 rings (SSSR count). The molecule has 0 bridgehead atoms. The number of benzene rings is 1. The van der Waals surface area contributed by atoms with Crippen molar-refractivity contribution in [3.05, 3.63) is 65.4 Å². The van der Waals surface area contributed by atoms with Crippen molar-refractivity contribution < 1.29 is 0 Å². The molecular weight excluding hydrogens is 296 g/mol. The van der Waals surface area contributed by atoms with Crippen LogP contribution in [-0.4, -0.2) is 9.97 Å². The largest absolute Gasteiger partial charge is 0.383 e. The maximum absolute atomic E-state index is 9.36. The minimum atomic E-state index is 0.201. The number of anilines is 1. The number of hydrogen-bond acceptors (Lipinski definition) is 4. The fourth-order valence-corrected chi connectivity index (χ4v) is 2.43. The summed E-state index contributed by atoms with van der Waals surface area (Å²) in [6, 6.07) is 15.0. The molecule has 0 unspecified atom stereocenters. The highest BCUT2D eigenvalue weighted by Crippen LogP contribution is 2.31. The predicted molar refractivity (Wildman–Crippen MR) is 87.0 cm³/mol. The zero-order valence-electron chi connectivity index (χ0n) is 11.5. The average molecular weight is 307 g/mol. The van der Waals surface area contributed by atoms with E-state index in [2.05, 4.69) is 16.0 Å². The molecule has 0 saturated heterocycles. The Balaban J connectivity index is 2.24. The van der Waals surface area contributed by atoms with Crippen LogP contribution in [0.15, 0.2) is 54.9 Å². The maximum Gasteiger partial charge on any atom is 0.142 e. The van der Waals surface area contributed by atoms with Gasteiger partial charge in [-0.25, -0.2) is 4.98 Å². The highest BCUT2D eigenvalue weighted by atomic mass is 35.5. The molecule has 22 heavy (non-hydrogen) atoms. The van der Waals surface area contributed by atoms with Gasteiger partial charge in [-0.15, -0.1) is 0 Å². The van der Waals surface area contributed by atoms with Crippen LogP contribution in [0, 0.1) is 11.3 Å². The molecule has 4 nitrogen and oxygen atoms in total. The van der Waals surface area contributed by atoms with Crippen molar-refractivity contribution in [2.45, 2.75) is 0 Å². The van der Waals surface area contributed by atoms with E-state index < -0.39 is 0 Å². The maximum atomic E-state index is 9.36. The van der Waals surface area contributed by atoms with Gasteiger partial charge in [0.15, 0.2) is 0 Å². The highest BCUT2D eigenvalue weighted by Gasteiger charge is 2.13. The summed E-state index contributed by atoms with van der Waals surface area (Å²) in [5.41, 5.74) is 9.43. The first-order valence-corrected chi connectivity index (χ1v) is 6.94. The van der Waals surface area contributed by atoms with Crippen molar-refractivity contribution >= 4 is 17.4 Å². The molecule has 0 fully saturated rings. The molecule has 0 amide bonds. The molecule has 0 saturated carbocycles. The van der Waals surface area contributed by atoms with Crippen LogP contribution in [0.2, 0.25) is 5.02 Å². The van der Waals surface area contributed by atoms with Gasteiger partial charge in [0.25, 0.3) is 0 Å². The molecular formula is C17H11ClN4. The van der Waals surface area contributed by atoms with Crippen LogP contribution in [0.25, 0.3) is 22.4 Å². The second kappa shape index (κ2) is 5.84. The van der Waals surface area contributed by atoms with Gasteiger partial charge < -0.3 is 5.73 Å². The third-order valence-corrected chi connectivity index (χ3v) is 3.51. The molecule has 0 spiro atoms. The van der Waals surface area contributed by atoms with Gasteiger partial charge in [0.1, 0.15) is 17.5 Å². The molecule has 0 aliphatic carbocycles. The minimum Gasteiger partial charge on any atom is -0.383 e. The van der Waals surface area contributed by atoms with Gasteiger partial charge in [0.2, 0.25) is 0 Å². The second-order valence-corrected chi connectivity index (χ2v) is 5.11. The van der Waals surface area contributed by atoms with E-state index >= 15 is 0 Å². The van der Waals surface area contributed by atoms with Gasteiger partial charge >= 0.3 is 0 Å². The summed E-state index contributed by atoms with van der Waals surface area (Å²) in [5, 5.41) is 9.98. The van der Waals surface area contributed by atoms with Crippen molar-refractivity contribution in [3.8, 4) is 28.5 Å². The van der Waals surface area contributed by atoms with Crippen molar-refractivity contribution in [1.29, 1.82) is 5.26 Å². The molecule has 3 aromatic rings. The zero-order chi connectivity index (χ0) is 15.5. The van der Waals surface area contributed by atoms with E-state index in [-0.39, 0.29) is 5.82 Å². The lowest BCUT2D eigenvalue weighted by atomic mass is 9.99. The van der Waals surface area contributed by atoms with Crippen LogP contribution >= 0.6 is 11.6 Å². The van der Waals surface area contributed by atoms with Crippen molar-refractivity contribution in [2.24, 2.45) is 0 Å². The molecule has 1 aromatic carbocycles. The van der Waals surface area contributed by atoms with E-state index in [1.165, 1.54) is 0 Å². The summed E-state index contributed by atoms with van der Waals surface area (Å²) < 4.78 is 0. The van der Waals surface area contributed by atoms with Crippen LogP contribution in [0.5, 0.6) is 0 Å². The van der Waals surface area contributed by atoms with Crippen LogP contribution in [0.3, 0.4) is 0 Å². The van der Waals surface area contributed by atoms with Gasteiger partial charge in [0, 0.05) is 28.5 Å². The number of hydrogen-bond donors (Lipinski definition) is 1. The molecule has 0 radical (unpaired) electrons. The Hall–Kier alpha value is -2.90. The summed E-state index contributed by atoms with van der Waals surface area (Å²) in [6.07, 6.45) is 3.35. The van der Waals surface area contributed by atoms with Gasteiger partial charge in [-0.3, -0.25) is 4.98 Å². The lowest BCUT2D eigenvalue weighted by Gasteiger charge is -2.10. The van der Waals surface area contributed by atoms with Crippen molar-refractivity contribution in [2.75, 3.05) is 5.73 Å². The van der Waals surface area contributed by atoms with E-state index in [1.54, 1.807) is 18.5 Å². The Kier molecular flexibility index (Phi) is 3.73. The van der Waals surface area contributed by atoms with Gasteiger partial charge in [-0.05, 0) is 35.9 Å². The number of nitrogens with zero attached hydrogens (tertiary/aromatic N) is 3. The highest BCUT2D eigenvalue weighted by molar-refractivity contribution is 6.30. The van der Waals surface area contributed by atoms with E-state index in [0.717, 1.165) is 16.7 Å². The number of halogens is 1. The van der Waals surface area contributed by atoms with Gasteiger partial charge in [0.05, 0.1) is 5.69 Å². The van der Waals surface area contributed by atoms with Crippen molar-refractivity contribution in [1.82, 2.24) is 9.97 Å². The Labute approximate surface area is 132 Å². The number of aromatic nitrogens is 2. The zero-order valence-corrected chi connectivity index (χ0v) is 12.2. The Morgan fingerprint density at radius 2 is 1.82 bits per heavy atom. The van der Waals surface area contributed by atoms with E-state index in [1.807, 2.05) is 36.4 Å². The van der Waals surface area contributed by atoms with Crippen molar-refractivity contribution in [3.63, 3.8) is 0 Å². The Bertz CT molecular complexity index is 870. The van der Waals surface area contributed by atoms with E-state index in [0.29, 0.717) is 16.3 Å². The standard InChI is InChI=1S/C17H11ClN4/c18-13-3-1-2-12(8-13)16-9-14(11-4-6-21-7-5-11)15(10-19)17(20)22-16/h1-9H,(H2,20,22). The number of nitriles is 1. The summed E-state index contributed by atoms with van der Waals surface area (Å²) in [4.78, 5) is 8.32. The molecule has 0 atom stereocenters. The Morgan fingerprint density at radius 3 is 2.50 bits per heavy atom. The molecule has 2 aromatic heterocycles. The fraction of sp³-hybridized carbons (Fsp3) is 0. The summed E-state index contributed by atoms with van der Waals surface area (Å²) in [6.45, 7) is 0. The number of nitrogens with two attached hydrogens (primary N) is 1. The second-order valence-electron chi connectivity index (χ2n) is 4.67. The summed E-state index contributed by atoms with van der Waals surface area (Å²) >= 11 is 6.03. The summed E-state index contributed by atoms with van der Waals surface area (Å²) in [5.74, 6) is 0.201. The average Bonchev–Trinajstić information content (AvgIpc) is 2.55. The third-order valence-electron chi connectivity index (χ3n) is 3.27. The normalized spacial score (nSPS) is 10.2. The van der Waals surface area contributed by atoms with Crippen LogP contribution in [0.1, 0.15) is 5.56 Å². The molecule has 0 aliphatic heterocycles. The summed E-state index contributed by atoms with van der Waals surface area (Å²) in [7, 11) is 0. The number of pyridine rings is 2. The van der Waals surface area contributed by atoms with E-state index in [4.69, 9.17) is 17.3 Å². The smallest absolute Gasteiger partial charge is 0.142 e. The lowest BCUT2D eigenvalue weighted by Crippen LogP contribution is -1.99. The first-order chi connectivity index (χ1) is 10.7. The quantitative estimate of drug-likeness (QED) is 0.778. The van der Waals surface area contributed by atoms with Crippen LogP contribution < -0.4 is 5.73 Å². The SMILES string of the molecule is N#Cc1c(-c2ccncc2)cc(-c2cccc(Cl)c2)nc1N. The van der Waals surface area contributed by atoms with Gasteiger partial charge in [-0.2, -0.15) is 5.26 Å². The first kappa shape index (κ1) is 14.1. The first-order valence-electron chi connectivity index (χ1n) is 6.56.